The second-order valence-electron chi connectivity index (χ2n) is 6.34. The Hall–Kier alpha value is -3.26. The number of rotatable bonds is 5. The van der Waals surface area contributed by atoms with Crippen molar-refractivity contribution in [2.24, 2.45) is 0 Å². The fraction of sp³-hybridized carbons (Fsp3) is 0.150. The highest BCUT2D eigenvalue weighted by molar-refractivity contribution is 7.99. The first-order chi connectivity index (χ1) is 13.6. The van der Waals surface area contributed by atoms with Gasteiger partial charge in [-0.1, -0.05) is 35.5 Å². The lowest BCUT2D eigenvalue weighted by Crippen LogP contribution is -2.15. The van der Waals surface area contributed by atoms with E-state index >= 15 is 0 Å². The topological polar surface area (TPSA) is 85.1 Å². The summed E-state index contributed by atoms with van der Waals surface area (Å²) in [6, 6.07) is 15.3. The lowest BCUT2D eigenvalue weighted by Gasteiger charge is -2.08. The van der Waals surface area contributed by atoms with Gasteiger partial charge in [0.15, 0.2) is 5.65 Å². The number of carbonyl (C=O) groups is 1. The van der Waals surface area contributed by atoms with E-state index in [9.17, 15) is 4.79 Å². The van der Waals surface area contributed by atoms with Crippen LogP contribution in [-0.4, -0.2) is 36.5 Å². The van der Waals surface area contributed by atoms with Gasteiger partial charge in [0.25, 0.3) is 0 Å². The molecule has 3 aromatic heterocycles. The zero-order valence-electron chi connectivity index (χ0n) is 15.5. The second kappa shape index (κ2) is 7.77. The molecule has 7 nitrogen and oxygen atoms in total. The summed E-state index contributed by atoms with van der Waals surface area (Å²) in [4.78, 5) is 16.7. The minimum Gasteiger partial charge on any atom is -0.325 e. The minimum atomic E-state index is -0.102. The summed E-state index contributed by atoms with van der Waals surface area (Å²) in [5.74, 6) is 0.110. The number of aromatic nitrogens is 5. The molecular formula is C20H18N6OS. The third-order valence-electron chi connectivity index (χ3n) is 4.15. The highest BCUT2D eigenvalue weighted by Crippen LogP contribution is 2.21. The molecule has 0 aliphatic rings. The molecule has 0 bridgehead atoms. The van der Waals surface area contributed by atoms with E-state index in [-0.39, 0.29) is 11.7 Å². The van der Waals surface area contributed by atoms with Gasteiger partial charge in [-0.3, -0.25) is 9.78 Å². The number of carbonyl (C=O) groups excluding carboxylic acids is 1. The molecule has 0 unspecified atom stereocenters. The first-order valence-corrected chi connectivity index (χ1v) is 9.72. The molecule has 140 valence electrons. The van der Waals surface area contributed by atoms with Crippen molar-refractivity contribution in [2.75, 3.05) is 11.1 Å². The molecule has 28 heavy (non-hydrogen) atoms. The zero-order chi connectivity index (χ0) is 19.5. The monoisotopic (exact) mass is 390 g/mol. The molecule has 0 aliphatic heterocycles. The van der Waals surface area contributed by atoms with Crippen molar-refractivity contribution < 1.29 is 4.79 Å². The number of hydrogen-bond acceptors (Lipinski definition) is 6. The van der Waals surface area contributed by atoms with Gasteiger partial charge in [-0.25, -0.2) is 0 Å². The SMILES string of the molecule is Cc1ccc(NC(=O)CSc2nnc3ccc(-c4ccccn4)nn23)c(C)c1. The van der Waals surface area contributed by atoms with E-state index in [1.807, 2.05) is 62.4 Å². The zero-order valence-corrected chi connectivity index (χ0v) is 16.3. The predicted octanol–water partition coefficient (Wildman–Crippen LogP) is 3.53. The largest absolute Gasteiger partial charge is 0.325 e. The smallest absolute Gasteiger partial charge is 0.234 e. The molecule has 1 N–H and O–H groups in total. The average Bonchev–Trinajstić information content (AvgIpc) is 3.11. The number of aryl methyl sites for hydroxylation is 2. The molecule has 0 atom stereocenters. The summed E-state index contributed by atoms with van der Waals surface area (Å²) in [5, 5.41) is 16.3. The highest BCUT2D eigenvalue weighted by atomic mass is 32.2. The number of benzene rings is 1. The fourth-order valence-corrected chi connectivity index (χ4v) is 3.47. The number of thioether (sulfide) groups is 1. The maximum absolute atomic E-state index is 12.3. The van der Waals surface area contributed by atoms with Crippen LogP contribution >= 0.6 is 11.8 Å². The van der Waals surface area contributed by atoms with Crippen molar-refractivity contribution in [3.8, 4) is 11.4 Å². The number of hydrogen-bond donors (Lipinski definition) is 1. The Morgan fingerprint density at radius 3 is 2.75 bits per heavy atom. The van der Waals surface area contributed by atoms with Crippen LogP contribution < -0.4 is 5.32 Å². The van der Waals surface area contributed by atoms with Gasteiger partial charge in [0.05, 0.1) is 11.4 Å². The Morgan fingerprint density at radius 1 is 1.07 bits per heavy atom. The molecule has 1 amide bonds. The molecule has 4 aromatic rings. The summed E-state index contributed by atoms with van der Waals surface area (Å²) in [6.07, 6.45) is 1.72. The van der Waals surface area contributed by atoms with Gasteiger partial charge in [0.2, 0.25) is 11.1 Å². The fourth-order valence-electron chi connectivity index (χ4n) is 2.78. The molecule has 8 heteroatoms. The molecule has 0 radical (unpaired) electrons. The van der Waals surface area contributed by atoms with Crippen LogP contribution in [0, 0.1) is 13.8 Å². The van der Waals surface area contributed by atoms with Crippen molar-refractivity contribution in [3.05, 3.63) is 65.9 Å². The molecule has 4 rings (SSSR count). The third kappa shape index (κ3) is 3.86. The number of fused-ring (bicyclic) bond motifs is 1. The van der Waals surface area contributed by atoms with Crippen molar-refractivity contribution in [2.45, 2.75) is 19.0 Å². The third-order valence-corrected chi connectivity index (χ3v) is 5.07. The van der Waals surface area contributed by atoms with Crippen LogP contribution in [0.4, 0.5) is 5.69 Å². The second-order valence-corrected chi connectivity index (χ2v) is 7.28. The van der Waals surface area contributed by atoms with E-state index in [2.05, 4.69) is 25.6 Å². The van der Waals surface area contributed by atoms with E-state index < -0.39 is 0 Å². The lowest BCUT2D eigenvalue weighted by molar-refractivity contribution is -0.113. The highest BCUT2D eigenvalue weighted by Gasteiger charge is 2.12. The van der Waals surface area contributed by atoms with Crippen LogP contribution in [-0.2, 0) is 4.79 Å². The molecule has 1 aromatic carbocycles. The van der Waals surface area contributed by atoms with E-state index in [0.29, 0.717) is 10.8 Å². The van der Waals surface area contributed by atoms with Crippen LogP contribution in [0.3, 0.4) is 0 Å². The number of pyridine rings is 1. The normalized spacial score (nSPS) is 10.9. The van der Waals surface area contributed by atoms with E-state index in [1.54, 1.807) is 10.7 Å². The molecule has 3 heterocycles. The Bertz CT molecular complexity index is 1140. The Labute approximate surface area is 166 Å². The Kier molecular flexibility index (Phi) is 5.03. The number of anilines is 1. The molecular weight excluding hydrogens is 372 g/mol. The van der Waals surface area contributed by atoms with Gasteiger partial charge in [0.1, 0.15) is 5.69 Å². The van der Waals surface area contributed by atoms with Crippen molar-refractivity contribution in [1.29, 1.82) is 0 Å². The summed E-state index contributed by atoms with van der Waals surface area (Å²) >= 11 is 1.29. The average molecular weight is 390 g/mol. The summed E-state index contributed by atoms with van der Waals surface area (Å²) in [7, 11) is 0. The molecule has 0 spiro atoms. The summed E-state index contributed by atoms with van der Waals surface area (Å²) < 4.78 is 1.64. The maximum atomic E-state index is 12.3. The Balaban J connectivity index is 1.49. The van der Waals surface area contributed by atoms with Crippen molar-refractivity contribution in [1.82, 2.24) is 24.8 Å². The standard InChI is InChI=1S/C20H18N6OS/c1-13-6-7-15(14(2)11-13)22-19(27)12-28-20-24-23-18-9-8-17(25-26(18)20)16-5-3-4-10-21-16/h3-11H,12H2,1-2H3,(H,22,27). The molecule has 0 saturated carbocycles. The first-order valence-electron chi connectivity index (χ1n) is 8.74. The van der Waals surface area contributed by atoms with Gasteiger partial charge in [0, 0.05) is 11.9 Å². The van der Waals surface area contributed by atoms with Gasteiger partial charge in [-0.2, -0.15) is 9.61 Å². The number of nitrogens with zero attached hydrogens (tertiary/aromatic N) is 5. The van der Waals surface area contributed by atoms with E-state index in [1.165, 1.54) is 11.8 Å². The lowest BCUT2D eigenvalue weighted by atomic mass is 10.1. The van der Waals surface area contributed by atoms with E-state index in [0.717, 1.165) is 28.2 Å². The van der Waals surface area contributed by atoms with Gasteiger partial charge in [-0.15, -0.1) is 10.2 Å². The molecule has 0 saturated heterocycles. The van der Waals surface area contributed by atoms with Gasteiger partial charge < -0.3 is 5.32 Å². The van der Waals surface area contributed by atoms with Gasteiger partial charge in [-0.05, 0) is 49.7 Å². The van der Waals surface area contributed by atoms with Crippen LogP contribution in [0.25, 0.3) is 17.0 Å². The van der Waals surface area contributed by atoms with Crippen LogP contribution in [0.1, 0.15) is 11.1 Å². The summed E-state index contributed by atoms with van der Waals surface area (Å²) in [5.41, 5.74) is 5.12. The number of nitrogens with one attached hydrogen (secondary N) is 1. The van der Waals surface area contributed by atoms with Crippen molar-refractivity contribution in [3.63, 3.8) is 0 Å². The number of amides is 1. The molecule has 0 aliphatic carbocycles. The van der Waals surface area contributed by atoms with Crippen LogP contribution in [0.2, 0.25) is 0 Å². The van der Waals surface area contributed by atoms with Crippen molar-refractivity contribution >= 4 is 29.0 Å². The quantitative estimate of drug-likeness (QED) is 0.525. The predicted molar refractivity (Wildman–Crippen MR) is 109 cm³/mol. The minimum absolute atomic E-state index is 0.102. The van der Waals surface area contributed by atoms with E-state index in [4.69, 9.17) is 0 Å². The Morgan fingerprint density at radius 2 is 1.96 bits per heavy atom. The first kappa shape index (κ1) is 18.1. The van der Waals surface area contributed by atoms with Gasteiger partial charge >= 0.3 is 0 Å². The van der Waals surface area contributed by atoms with Crippen LogP contribution in [0.5, 0.6) is 0 Å². The summed E-state index contributed by atoms with van der Waals surface area (Å²) in [6.45, 7) is 4.00. The maximum Gasteiger partial charge on any atom is 0.234 e. The molecule has 0 fully saturated rings. The van der Waals surface area contributed by atoms with Crippen LogP contribution in [0.15, 0.2) is 59.9 Å².